The third-order valence-electron chi connectivity index (χ3n) is 4.12. The summed E-state index contributed by atoms with van der Waals surface area (Å²) in [7, 11) is 1.37. The molecule has 2 aromatic carbocycles. The van der Waals surface area contributed by atoms with Crippen LogP contribution in [0, 0.1) is 0 Å². The molecule has 0 saturated heterocycles. The molecule has 4 nitrogen and oxygen atoms in total. The Morgan fingerprint density at radius 2 is 1.56 bits per heavy atom. The fraction of sp³-hybridized carbons (Fsp3) is 0.409. The first-order valence-electron chi connectivity index (χ1n) is 8.92. The Hall–Kier alpha value is -2.01. The van der Waals surface area contributed by atoms with Crippen LogP contribution in [0.4, 0.5) is 0 Å². The van der Waals surface area contributed by atoms with Crippen LogP contribution >= 0.6 is 15.9 Å². The van der Waals surface area contributed by atoms with Gasteiger partial charge in [-0.25, -0.2) is 0 Å². The highest BCUT2D eigenvalue weighted by Gasteiger charge is 2.17. The Bertz CT molecular complexity index is 732. The van der Waals surface area contributed by atoms with Crippen LogP contribution in [0.15, 0.2) is 48.5 Å². The second-order valence-electron chi connectivity index (χ2n) is 7.47. The molecule has 2 rings (SSSR count). The van der Waals surface area contributed by atoms with Crippen molar-refractivity contribution in [2.45, 2.75) is 44.0 Å². The van der Waals surface area contributed by atoms with E-state index in [4.69, 9.17) is 14.2 Å². The average Bonchev–Trinajstić information content (AvgIpc) is 2.65. The summed E-state index contributed by atoms with van der Waals surface area (Å²) in [5, 5.41) is 0. The van der Waals surface area contributed by atoms with E-state index in [0.717, 1.165) is 17.1 Å². The number of carbonyl (C=O) groups excluding carboxylic acids is 1. The molecular formula is C22H27BrO4. The Labute approximate surface area is 170 Å². The van der Waals surface area contributed by atoms with Gasteiger partial charge in [0.2, 0.25) is 0 Å². The zero-order valence-electron chi connectivity index (χ0n) is 16.5. The van der Waals surface area contributed by atoms with E-state index in [1.54, 1.807) is 0 Å². The van der Waals surface area contributed by atoms with Crippen molar-refractivity contribution >= 4 is 21.9 Å². The lowest BCUT2D eigenvalue weighted by Gasteiger charge is -2.20. The van der Waals surface area contributed by atoms with E-state index in [2.05, 4.69) is 48.8 Å². The summed E-state index contributed by atoms with van der Waals surface area (Å²) in [5.74, 6) is 1.22. The molecule has 2 atom stereocenters. The summed E-state index contributed by atoms with van der Waals surface area (Å²) in [6.07, 6.45) is -0.0934. The fourth-order valence-corrected chi connectivity index (χ4v) is 2.98. The molecule has 27 heavy (non-hydrogen) atoms. The Balaban J connectivity index is 1.86. The molecule has 2 unspecified atom stereocenters. The number of esters is 1. The van der Waals surface area contributed by atoms with Crippen LogP contribution in [0.3, 0.4) is 0 Å². The third-order valence-corrected chi connectivity index (χ3v) is 5.03. The van der Waals surface area contributed by atoms with Crippen molar-refractivity contribution in [2.24, 2.45) is 0 Å². The molecular weight excluding hydrogens is 408 g/mol. The number of alkyl halides is 1. The first-order chi connectivity index (χ1) is 12.7. The summed E-state index contributed by atoms with van der Waals surface area (Å²) in [6.45, 7) is 8.96. The van der Waals surface area contributed by atoms with Gasteiger partial charge in [0.1, 0.15) is 29.0 Å². The molecule has 0 fully saturated rings. The molecule has 2 aromatic rings. The zero-order valence-corrected chi connectivity index (χ0v) is 18.1. The first kappa shape index (κ1) is 21.3. The lowest BCUT2D eigenvalue weighted by Crippen LogP contribution is -2.21. The highest BCUT2D eigenvalue weighted by molar-refractivity contribution is 9.09. The largest absolute Gasteiger partial charge is 0.490 e. The molecule has 0 aliphatic carbocycles. The van der Waals surface area contributed by atoms with E-state index < -0.39 is 4.83 Å². The summed E-state index contributed by atoms with van der Waals surface area (Å²) in [5.41, 5.74) is 2.22. The predicted molar refractivity (Wildman–Crippen MR) is 111 cm³/mol. The topological polar surface area (TPSA) is 44.8 Å². The van der Waals surface area contributed by atoms with Gasteiger partial charge >= 0.3 is 5.97 Å². The van der Waals surface area contributed by atoms with E-state index in [0.29, 0.717) is 6.61 Å². The normalized spacial score (nSPS) is 13.6. The number of hydrogen-bond donors (Lipinski definition) is 0. The number of methoxy groups -OCH3 is 1. The van der Waals surface area contributed by atoms with Crippen molar-refractivity contribution in [1.29, 1.82) is 0 Å². The van der Waals surface area contributed by atoms with Gasteiger partial charge in [0, 0.05) is 0 Å². The molecule has 0 N–H and O–H groups in total. The third kappa shape index (κ3) is 6.28. The van der Waals surface area contributed by atoms with E-state index in [1.165, 1.54) is 12.7 Å². The number of rotatable bonds is 7. The first-order valence-corrected chi connectivity index (χ1v) is 9.84. The van der Waals surface area contributed by atoms with Crippen LogP contribution in [0.2, 0.25) is 0 Å². The highest BCUT2D eigenvalue weighted by Crippen LogP contribution is 2.26. The van der Waals surface area contributed by atoms with Gasteiger partial charge in [0.05, 0.1) is 7.11 Å². The second-order valence-corrected chi connectivity index (χ2v) is 8.38. The van der Waals surface area contributed by atoms with Gasteiger partial charge in [-0.2, -0.15) is 0 Å². The smallest absolute Gasteiger partial charge is 0.323 e. The van der Waals surface area contributed by atoms with Gasteiger partial charge in [-0.1, -0.05) is 61.0 Å². The molecule has 0 radical (unpaired) electrons. The van der Waals surface area contributed by atoms with Crippen LogP contribution in [-0.2, 0) is 14.9 Å². The minimum atomic E-state index is -0.477. The average molecular weight is 435 g/mol. The number of benzene rings is 2. The maximum Gasteiger partial charge on any atom is 0.323 e. The molecule has 146 valence electrons. The quantitative estimate of drug-likeness (QED) is 0.429. The number of halogens is 1. The van der Waals surface area contributed by atoms with E-state index in [9.17, 15) is 4.79 Å². The Morgan fingerprint density at radius 3 is 2.07 bits per heavy atom. The minimum Gasteiger partial charge on any atom is -0.490 e. The van der Waals surface area contributed by atoms with E-state index in [-0.39, 0.29) is 17.5 Å². The maximum atomic E-state index is 11.5. The van der Waals surface area contributed by atoms with Crippen molar-refractivity contribution in [3.8, 4) is 11.5 Å². The predicted octanol–water partition coefficient (Wildman–Crippen LogP) is 5.44. The summed E-state index contributed by atoms with van der Waals surface area (Å²) < 4.78 is 16.4. The van der Waals surface area contributed by atoms with Gasteiger partial charge < -0.3 is 14.2 Å². The van der Waals surface area contributed by atoms with Crippen LogP contribution in [0.5, 0.6) is 11.5 Å². The van der Waals surface area contributed by atoms with Crippen LogP contribution in [0.25, 0.3) is 0 Å². The lowest BCUT2D eigenvalue weighted by molar-refractivity contribution is -0.139. The van der Waals surface area contributed by atoms with Crippen LogP contribution in [0.1, 0.15) is 43.6 Å². The van der Waals surface area contributed by atoms with Crippen LogP contribution in [-0.4, -0.2) is 25.8 Å². The molecule has 0 amide bonds. The standard InChI is InChI=1S/C22H27BrO4/c1-15(27-19-12-8-17(9-13-19)22(2,3)4)14-26-18-10-6-16(7-11-18)20(23)21(24)25-5/h6-13,15,20H,14H2,1-5H3. The van der Waals surface area contributed by atoms with Gasteiger partial charge in [-0.05, 0) is 47.7 Å². The van der Waals surface area contributed by atoms with Gasteiger partial charge in [0.25, 0.3) is 0 Å². The van der Waals surface area contributed by atoms with Crippen LogP contribution < -0.4 is 9.47 Å². The zero-order chi connectivity index (χ0) is 20.0. The van der Waals surface area contributed by atoms with Gasteiger partial charge in [0.15, 0.2) is 0 Å². The molecule has 0 aliphatic heterocycles. The molecule has 5 heteroatoms. The molecule has 0 saturated carbocycles. The molecule has 0 aliphatic rings. The Kier molecular flexibility index (Phi) is 7.31. The van der Waals surface area contributed by atoms with Crippen molar-refractivity contribution in [1.82, 2.24) is 0 Å². The number of ether oxygens (including phenoxy) is 3. The lowest BCUT2D eigenvalue weighted by atomic mass is 9.87. The van der Waals surface area contributed by atoms with Gasteiger partial charge in [-0.3, -0.25) is 4.79 Å². The number of hydrogen-bond acceptors (Lipinski definition) is 4. The monoisotopic (exact) mass is 434 g/mol. The molecule has 0 aromatic heterocycles. The minimum absolute atomic E-state index is 0.0934. The molecule has 0 spiro atoms. The van der Waals surface area contributed by atoms with E-state index >= 15 is 0 Å². The molecule has 0 bridgehead atoms. The van der Waals surface area contributed by atoms with Gasteiger partial charge in [-0.15, -0.1) is 0 Å². The fourth-order valence-electron chi connectivity index (χ4n) is 2.49. The van der Waals surface area contributed by atoms with Crippen molar-refractivity contribution < 1.29 is 19.0 Å². The number of carbonyl (C=O) groups is 1. The SMILES string of the molecule is COC(=O)C(Br)c1ccc(OCC(C)Oc2ccc(C(C)(C)C)cc2)cc1. The van der Waals surface area contributed by atoms with E-state index in [1.807, 2.05) is 43.3 Å². The second kappa shape index (κ2) is 9.27. The summed E-state index contributed by atoms with van der Waals surface area (Å²) in [6, 6.07) is 15.5. The molecule has 0 heterocycles. The van der Waals surface area contributed by atoms with Crippen molar-refractivity contribution in [2.75, 3.05) is 13.7 Å². The van der Waals surface area contributed by atoms with Crippen molar-refractivity contribution in [3.63, 3.8) is 0 Å². The maximum absolute atomic E-state index is 11.5. The summed E-state index contributed by atoms with van der Waals surface area (Å²) in [4.78, 5) is 11.1. The highest BCUT2D eigenvalue weighted by atomic mass is 79.9. The van der Waals surface area contributed by atoms with Crippen molar-refractivity contribution in [3.05, 3.63) is 59.7 Å². The summed E-state index contributed by atoms with van der Waals surface area (Å²) >= 11 is 3.32. The Morgan fingerprint density at radius 1 is 1.00 bits per heavy atom.